The van der Waals surface area contributed by atoms with Crippen molar-refractivity contribution in [2.24, 2.45) is 7.05 Å². The maximum atomic E-state index is 11.9. The fourth-order valence-electron chi connectivity index (χ4n) is 1.68. The number of hydrogen-bond donors (Lipinski definition) is 2. The lowest BCUT2D eigenvalue weighted by atomic mass is 10.1. The Labute approximate surface area is 109 Å². The third-order valence-electron chi connectivity index (χ3n) is 2.84. The van der Waals surface area contributed by atoms with E-state index in [-0.39, 0.29) is 11.9 Å². The van der Waals surface area contributed by atoms with Crippen molar-refractivity contribution in [1.29, 1.82) is 0 Å². The molecular formula is C11H15N5OS. The summed E-state index contributed by atoms with van der Waals surface area (Å²) < 4.78 is 1.78. The molecule has 18 heavy (non-hydrogen) atoms. The lowest BCUT2D eigenvalue weighted by Gasteiger charge is -2.12. The number of nitrogen functional groups attached to an aromatic ring is 1. The second kappa shape index (κ2) is 4.77. The van der Waals surface area contributed by atoms with Crippen LogP contribution in [0.5, 0.6) is 0 Å². The molecule has 0 saturated carbocycles. The number of rotatable bonds is 3. The maximum absolute atomic E-state index is 11.9. The van der Waals surface area contributed by atoms with Gasteiger partial charge in [0.05, 0.1) is 12.2 Å². The molecule has 0 spiro atoms. The van der Waals surface area contributed by atoms with Gasteiger partial charge < -0.3 is 11.1 Å². The molecule has 2 aromatic rings. The van der Waals surface area contributed by atoms with Gasteiger partial charge in [-0.3, -0.25) is 9.48 Å². The first kappa shape index (κ1) is 12.6. The Morgan fingerprint density at radius 1 is 1.61 bits per heavy atom. The van der Waals surface area contributed by atoms with Crippen molar-refractivity contribution in [1.82, 2.24) is 20.1 Å². The molecule has 0 radical (unpaired) electrons. The minimum atomic E-state index is -0.223. The second-order valence-electron chi connectivity index (χ2n) is 4.08. The smallest absolute Gasteiger partial charge is 0.271 e. The van der Waals surface area contributed by atoms with Crippen molar-refractivity contribution in [3.8, 4) is 0 Å². The number of nitrogens with two attached hydrogens (primary N) is 1. The quantitative estimate of drug-likeness (QED) is 0.874. The molecule has 96 valence electrons. The minimum absolute atomic E-state index is 0.117. The average Bonchev–Trinajstić information content (AvgIpc) is 2.87. The van der Waals surface area contributed by atoms with E-state index in [1.165, 1.54) is 11.3 Å². The number of nitrogens with one attached hydrogen (secondary N) is 1. The van der Waals surface area contributed by atoms with Crippen LogP contribution in [0.15, 0.2) is 11.6 Å². The summed E-state index contributed by atoms with van der Waals surface area (Å²) >= 11 is 1.25. The molecular weight excluding hydrogens is 250 g/mol. The number of hydrogen-bond acceptors (Lipinski definition) is 5. The standard InChI is InChI=1S/C11H15N5OS/c1-6(8-4-13-16(3)7(8)2)14-10(17)9-5-18-11(12)15-9/h4-6H,1-3H3,(H2,12,15)(H,14,17)/t6-/m0/s1. The SMILES string of the molecule is Cc1c([C@H](C)NC(=O)c2csc(N)n2)cnn1C. The highest BCUT2D eigenvalue weighted by Crippen LogP contribution is 2.17. The van der Waals surface area contributed by atoms with Crippen molar-refractivity contribution < 1.29 is 4.79 Å². The minimum Gasteiger partial charge on any atom is -0.375 e. The van der Waals surface area contributed by atoms with E-state index in [1.54, 1.807) is 16.3 Å². The zero-order valence-corrected chi connectivity index (χ0v) is 11.3. The maximum Gasteiger partial charge on any atom is 0.271 e. The van der Waals surface area contributed by atoms with Gasteiger partial charge in [-0.05, 0) is 13.8 Å². The van der Waals surface area contributed by atoms with Crippen molar-refractivity contribution in [2.75, 3.05) is 5.73 Å². The summed E-state index contributed by atoms with van der Waals surface area (Å²) in [5, 5.41) is 9.07. The van der Waals surface area contributed by atoms with Gasteiger partial charge in [-0.25, -0.2) is 4.98 Å². The van der Waals surface area contributed by atoms with Gasteiger partial charge in [0.25, 0.3) is 5.91 Å². The number of anilines is 1. The predicted octanol–water partition coefficient (Wildman–Crippen LogP) is 1.26. The highest BCUT2D eigenvalue weighted by molar-refractivity contribution is 7.13. The first-order valence-corrected chi connectivity index (χ1v) is 6.37. The molecule has 2 aromatic heterocycles. The Morgan fingerprint density at radius 3 is 2.83 bits per heavy atom. The Morgan fingerprint density at radius 2 is 2.33 bits per heavy atom. The molecule has 0 aliphatic heterocycles. The van der Waals surface area contributed by atoms with Crippen molar-refractivity contribution in [2.45, 2.75) is 19.9 Å². The predicted molar refractivity (Wildman–Crippen MR) is 70.4 cm³/mol. The van der Waals surface area contributed by atoms with Gasteiger partial charge in [-0.1, -0.05) is 0 Å². The monoisotopic (exact) mass is 265 g/mol. The van der Waals surface area contributed by atoms with Gasteiger partial charge in [0.1, 0.15) is 5.69 Å². The summed E-state index contributed by atoms with van der Waals surface area (Å²) in [6.07, 6.45) is 1.76. The third-order valence-corrected chi connectivity index (χ3v) is 3.52. The number of amides is 1. The number of thiazole rings is 1. The molecule has 6 nitrogen and oxygen atoms in total. The summed E-state index contributed by atoms with van der Waals surface area (Å²) in [7, 11) is 1.87. The molecule has 0 aromatic carbocycles. The number of aryl methyl sites for hydroxylation is 1. The summed E-state index contributed by atoms with van der Waals surface area (Å²) in [5.41, 5.74) is 7.88. The Balaban J connectivity index is 2.10. The van der Waals surface area contributed by atoms with Crippen LogP contribution >= 0.6 is 11.3 Å². The zero-order valence-electron chi connectivity index (χ0n) is 10.5. The van der Waals surface area contributed by atoms with Crippen LogP contribution in [0.1, 0.15) is 34.7 Å². The number of nitrogens with zero attached hydrogens (tertiary/aromatic N) is 3. The van der Waals surface area contributed by atoms with Crippen LogP contribution in [-0.4, -0.2) is 20.7 Å². The topological polar surface area (TPSA) is 85.8 Å². The fourth-order valence-corrected chi connectivity index (χ4v) is 2.22. The molecule has 3 N–H and O–H groups in total. The van der Waals surface area contributed by atoms with Crippen LogP contribution in [0.2, 0.25) is 0 Å². The molecule has 0 unspecified atom stereocenters. The van der Waals surface area contributed by atoms with Crippen LogP contribution in [0.25, 0.3) is 0 Å². The van der Waals surface area contributed by atoms with E-state index in [9.17, 15) is 4.79 Å². The van der Waals surface area contributed by atoms with Gasteiger partial charge in [0.15, 0.2) is 5.13 Å². The zero-order chi connectivity index (χ0) is 13.3. The molecule has 1 amide bonds. The van der Waals surface area contributed by atoms with E-state index in [0.717, 1.165) is 11.3 Å². The molecule has 0 aliphatic rings. The molecule has 1 atom stereocenters. The van der Waals surface area contributed by atoms with E-state index in [2.05, 4.69) is 15.4 Å². The van der Waals surface area contributed by atoms with Gasteiger partial charge in [-0.2, -0.15) is 5.10 Å². The fraction of sp³-hybridized carbons (Fsp3) is 0.364. The van der Waals surface area contributed by atoms with Crippen LogP contribution in [0.4, 0.5) is 5.13 Å². The van der Waals surface area contributed by atoms with E-state index >= 15 is 0 Å². The Bertz CT molecular complexity index is 574. The molecule has 0 bridgehead atoms. The molecule has 0 fully saturated rings. The van der Waals surface area contributed by atoms with E-state index in [1.807, 2.05) is 20.9 Å². The van der Waals surface area contributed by atoms with Crippen LogP contribution in [0.3, 0.4) is 0 Å². The van der Waals surface area contributed by atoms with Crippen LogP contribution in [0, 0.1) is 6.92 Å². The normalized spacial score (nSPS) is 12.4. The molecule has 2 heterocycles. The molecule has 0 aliphatic carbocycles. The van der Waals surface area contributed by atoms with Crippen LogP contribution in [-0.2, 0) is 7.05 Å². The molecule has 0 saturated heterocycles. The number of carbonyl (C=O) groups is 1. The van der Waals surface area contributed by atoms with E-state index < -0.39 is 0 Å². The van der Waals surface area contributed by atoms with Gasteiger partial charge in [0, 0.05) is 23.7 Å². The van der Waals surface area contributed by atoms with Gasteiger partial charge in [0.2, 0.25) is 0 Å². The Kier molecular flexibility index (Phi) is 3.33. The average molecular weight is 265 g/mol. The summed E-state index contributed by atoms with van der Waals surface area (Å²) in [4.78, 5) is 15.9. The summed E-state index contributed by atoms with van der Waals surface area (Å²) in [6.45, 7) is 3.88. The van der Waals surface area contributed by atoms with Crippen LogP contribution < -0.4 is 11.1 Å². The summed E-state index contributed by atoms with van der Waals surface area (Å²) in [6, 6.07) is -0.117. The first-order valence-electron chi connectivity index (χ1n) is 5.49. The van der Waals surface area contributed by atoms with E-state index in [4.69, 9.17) is 5.73 Å². The van der Waals surface area contributed by atoms with Gasteiger partial charge >= 0.3 is 0 Å². The van der Waals surface area contributed by atoms with Gasteiger partial charge in [-0.15, -0.1) is 11.3 Å². The molecule has 2 rings (SSSR count). The second-order valence-corrected chi connectivity index (χ2v) is 4.96. The highest BCUT2D eigenvalue weighted by atomic mass is 32.1. The highest BCUT2D eigenvalue weighted by Gasteiger charge is 2.17. The molecule has 7 heteroatoms. The largest absolute Gasteiger partial charge is 0.375 e. The van der Waals surface area contributed by atoms with E-state index in [0.29, 0.717) is 10.8 Å². The van der Waals surface area contributed by atoms with Crippen molar-refractivity contribution >= 4 is 22.4 Å². The lowest BCUT2D eigenvalue weighted by molar-refractivity contribution is 0.0935. The summed E-state index contributed by atoms with van der Waals surface area (Å²) in [5.74, 6) is -0.223. The third kappa shape index (κ3) is 2.35. The lowest BCUT2D eigenvalue weighted by Crippen LogP contribution is -2.27. The number of aromatic nitrogens is 3. The number of carbonyl (C=O) groups excluding carboxylic acids is 1. The Hall–Kier alpha value is -1.89. The first-order chi connectivity index (χ1) is 8.49. The van der Waals surface area contributed by atoms with Crippen molar-refractivity contribution in [3.05, 3.63) is 28.5 Å². The van der Waals surface area contributed by atoms with Crippen molar-refractivity contribution in [3.63, 3.8) is 0 Å².